The quantitative estimate of drug-likeness (QED) is 0.332. The Kier molecular flexibility index (Phi) is 9.86. The third kappa shape index (κ3) is 5.30. The predicted molar refractivity (Wildman–Crippen MR) is 70.9 cm³/mol. The zero-order chi connectivity index (χ0) is 14.0. The van der Waals surface area contributed by atoms with Crippen LogP contribution in [0.3, 0.4) is 0 Å². The van der Waals surface area contributed by atoms with Gasteiger partial charge in [-0.1, -0.05) is 13.8 Å². The molecule has 0 saturated heterocycles. The van der Waals surface area contributed by atoms with Gasteiger partial charge in [0, 0.05) is 26.8 Å². The molecule has 0 radical (unpaired) electrons. The summed E-state index contributed by atoms with van der Waals surface area (Å²) in [6, 6.07) is -0.0577. The molecule has 6 nitrogen and oxygen atoms in total. The molecule has 1 amide bonds. The lowest BCUT2D eigenvalue weighted by Crippen LogP contribution is -2.55. The fourth-order valence-electron chi connectivity index (χ4n) is 2.12. The Labute approximate surface area is 110 Å². The monoisotopic (exact) mass is 261 g/mol. The van der Waals surface area contributed by atoms with E-state index in [9.17, 15) is 4.79 Å². The van der Waals surface area contributed by atoms with Crippen LogP contribution in [0.1, 0.15) is 26.7 Å². The number of nitrogens with two attached hydrogens (primary N) is 1. The second kappa shape index (κ2) is 10.3. The summed E-state index contributed by atoms with van der Waals surface area (Å²) < 4.78 is 10.2. The van der Waals surface area contributed by atoms with E-state index in [0.29, 0.717) is 25.8 Å². The third-order valence-electron chi connectivity index (χ3n) is 3.13. The Hall–Kier alpha value is -0.690. The van der Waals surface area contributed by atoms with E-state index in [-0.39, 0.29) is 11.9 Å². The SMILES string of the molecule is CCC(CC)N(CCOC)C(COC)C(=O)NN. The summed E-state index contributed by atoms with van der Waals surface area (Å²) in [4.78, 5) is 14.0. The van der Waals surface area contributed by atoms with Crippen molar-refractivity contribution < 1.29 is 14.3 Å². The van der Waals surface area contributed by atoms with E-state index in [1.165, 1.54) is 0 Å². The van der Waals surface area contributed by atoms with Gasteiger partial charge in [-0.25, -0.2) is 5.84 Å². The molecule has 0 aliphatic heterocycles. The molecular weight excluding hydrogens is 234 g/mol. The van der Waals surface area contributed by atoms with Crippen LogP contribution in [0.5, 0.6) is 0 Å². The second-order valence-electron chi connectivity index (χ2n) is 4.18. The summed E-state index contributed by atoms with van der Waals surface area (Å²) >= 11 is 0. The molecule has 0 rings (SSSR count). The van der Waals surface area contributed by atoms with Crippen LogP contribution in [0.4, 0.5) is 0 Å². The predicted octanol–water partition coefficient (Wildman–Crippen LogP) is 0.128. The van der Waals surface area contributed by atoms with Crippen LogP contribution < -0.4 is 11.3 Å². The Morgan fingerprint density at radius 1 is 1.28 bits per heavy atom. The lowest BCUT2D eigenvalue weighted by Gasteiger charge is -2.35. The van der Waals surface area contributed by atoms with Gasteiger partial charge >= 0.3 is 0 Å². The number of methoxy groups -OCH3 is 2. The minimum Gasteiger partial charge on any atom is -0.383 e. The van der Waals surface area contributed by atoms with Crippen LogP contribution in [0.2, 0.25) is 0 Å². The average Bonchev–Trinajstić information content (AvgIpc) is 2.40. The summed E-state index contributed by atoms with van der Waals surface area (Å²) in [6.07, 6.45) is 1.94. The van der Waals surface area contributed by atoms with Crippen LogP contribution in [-0.2, 0) is 14.3 Å². The highest BCUT2D eigenvalue weighted by Gasteiger charge is 2.29. The summed E-state index contributed by atoms with van der Waals surface area (Å²) in [5.74, 6) is 5.02. The molecule has 0 heterocycles. The van der Waals surface area contributed by atoms with Crippen molar-refractivity contribution >= 4 is 5.91 Å². The first kappa shape index (κ1) is 17.3. The van der Waals surface area contributed by atoms with E-state index in [1.807, 2.05) is 0 Å². The first-order valence-corrected chi connectivity index (χ1v) is 6.40. The number of carbonyl (C=O) groups excluding carboxylic acids is 1. The minimum atomic E-state index is -0.375. The largest absolute Gasteiger partial charge is 0.383 e. The van der Waals surface area contributed by atoms with Crippen LogP contribution in [-0.4, -0.2) is 56.9 Å². The van der Waals surface area contributed by atoms with Crippen molar-refractivity contribution in [2.45, 2.75) is 38.8 Å². The summed E-state index contributed by atoms with van der Waals surface area (Å²) in [7, 11) is 3.23. The third-order valence-corrected chi connectivity index (χ3v) is 3.13. The number of hydrogen-bond donors (Lipinski definition) is 2. The van der Waals surface area contributed by atoms with E-state index in [0.717, 1.165) is 12.8 Å². The van der Waals surface area contributed by atoms with Crippen LogP contribution in [0.25, 0.3) is 0 Å². The number of rotatable bonds is 10. The number of hydrazine groups is 1. The first-order chi connectivity index (χ1) is 8.65. The van der Waals surface area contributed by atoms with Crippen LogP contribution in [0, 0.1) is 0 Å². The highest BCUT2D eigenvalue weighted by atomic mass is 16.5. The maximum absolute atomic E-state index is 11.8. The molecule has 0 spiro atoms. The molecule has 1 atom stereocenters. The maximum Gasteiger partial charge on any atom is 0.253 e. The van der Waals surface area contributed by atoms with E-state index in [2.05, 4.69) is 24.2 Å². The molecule has 0 aliphatic rings. The molecule has 3 N–H and O–H groups in total. The molecule has 0 aromatic heterocycles. The van der Waals surface area contributed by atoms with Gasteiger partial charge in [0.25, 0.3) is 5.91 Å². The number of carbonyl (C=O) groups is 1. The molecule has 18 heavy (non-hydrogen) atoms. The van der Waals surface area contributed by atoms with Gasteiger partial charge in [0.15, 0.2) is 0 Å². The summed E-state index contributed by atoms with van der Waals surface area (Å²) in [5, 5.41) is 0. The van der Waals surface area contributed by atoms with Gasteiger partial charge in [-0.05, 0) is 12.8 Å². The van der Waals surface area contributed by atoms with Gasteiger partial charge in [0.2, 0.25) is 0 Å². The normalized spacial score (nSPS) is 13.1. The van der Waals surface area contributed by atoms with Gasteiger partial charge in [-0.3, -0.25) is 15.1 Å². The molecular formula is C12H27N3O3. The zero-order valence-corrected chi connectivity index (χ0v) is 11.9. The van der Waals surface area contributed by atoms with Crippen molar-refractivity contribution in [3.8, 4) is 0 Å². The maximum atomic E-state index is 11.8. The Morgan fingerprint density at radius 3 is 2.28 bits per heavy atom. The molecule has 0 saturated carbocycles. The van der Waals surface area contributed by atoms with E-state index in [1.54, 1.807) is 14.2 Å². The lowest BCUT2D eigenvalue weighted by atomic mass is 10.1. The average molecular weight is 261 g/mol. The van der Waals surface area contributed by atoms with Crippen molar-refractivity contribution in [2.75, 3.05) is 34.0 Å². The van der Waals surface area contributed by atoms with Gasteiger partial charge in [0.05, 0.1) is 13.2 Å². The number of nitrogens with zero attached hydrogens (tertiary/aromatic N) is 1. The Bertz CT molecular complexity index is 223. The van der Waals surface area contributed by atoms with E-state index < -0.39 is 0 Å². The number of amides is 1. The Balaban J connectivity index is 4.88. The van der Waals surface area contributed by atoms with Gasteiger partial charge in [-0.15, -0.1) is 0 Å². The van der Waals surface area contributed by atoms with Crippen LogP contribution in [0.15, 0.2) is 0 Å². The highest BCUT2D eigenvalue weighted by Crippen LogP contribution is 2.13. The van der Waals surface area contributed by atoms with Gasteiger partial charge in [0.1, 0.15) is 6.04 Å². The molecule has 1 unspecified atom stereocenters. The fraction of sp³-hybridized carbons (Fsp3) is 0.917. The van der Waals surface area contributed by atoms with Crippen molar-refractivity contribution in [1.82, 2.24) is 10.3 Å². The molecule has 108 valence electrons. The molecule has 6 heteroatoms. The van der Waals surface area contributed by atoms with E-state index in [4.69, 9.17) is 15.3 Å². The van der Waals surface area contributed by atoms with Crippen molar-refractivity contribution in [3.63, 3.8) is 0 Å². The highest BCUT2D eigenvalue weighted by molar-refractivity contribution is 5.81. The second-order valence-corrected chi connectivity index (χ2v) is 4.18. The molecule has 0 aliphatic carbocycles. The number of ether oxygens (including phenoxy) is 2. The first-order valence-electron chi connectivity index (χ1n) is 6.40. The zero-order valence-electron chi connectivity index (χ0n) is 11.9. The summed E-state index contributed by atoms with van der Waals surface area (Å²) in [5.41, 5.74) is 2.21. The smallest absolute Gasteiger partial charge is 0.253 e. The number of nitrogens with one attached hydrogen (secondary N) is 1. The van der Waals surface area contributed by atoms with Gasteiger partial charge < -0.3 is 9.47 Å². The molecule has 0 fully saturated rings. The van der Waals surface area contributed by atoms with E-state index >= 15 is 0 Å². The van der Waals surface area contributed by atoms with Crippen molar-refractivity contribution in [1.29, 1.82) is 0 Å². The standard InChI is InChI=1S/C12H27N3O3/c1-5-10(6-2)15(7-8-17-3)11(9-18-4)12(16)14-13/h10-11H,5-9,13H2,1-4H3,(H,14,16). The molecule has 0 aromatic carbocycles. The van der Waals surface area contributed by atoms with Crippen molar-refractivity contribution in [2.24, 2.45) is 5.84 Å². The summed E-state index contributed by atoms with van der Waals surface area (Å²) in [6.45, 7) is 5.80. The Morgan fingerprint density at radius 2 is 1.89 bits per heavy atom. The van der Waals surface area contributed by atoms with Gasteiger partial charge in [-0.2, -0.15) is 0 Å². The lowest BCUT2D eigenvalue weighted by molar-refractivity contribution is -0.130. The fourth-order valence-corrected chi connectivity index (χ4v) is 2.12. The minimum absolute atomic E-state index is 0.222. The van der Waals surface area contributed by atoms with Crippen LogP contribution >= 0.6 is 0 Å². The van der Waals surface area contributed by atoms with Crippen molar-refractivity contribution in [3.05, 3.63) is 0 Å². The molecule has 0 bridgehead atoms. The topological polar surface area (TPSA) is 76.8 Å². The molecule has 0 aromatic rings. The number of hydrogen-bond acceptors (Lipinski definition) is 5.